The third kappa shape index (κ3) is 2.04. The van der Waals surface area contributed by atoms with E-state index in [4.69, 9.17) is 8.94 Å². The van der Waals surface area contributed by atoms with Gasteiger partial charge >= 0.3 is 0 Å². The second-order valence-corrected chi connectivity index (χ2v) is 5.23. The minimum absolute atomic E-state index is 0.373. The zero-order valence-corrected chi connectivity index (χ0v) is 12.4. The van der Waals surface area contributed by atoms with Gasteiger partial charge in [-0.1, -0.05) is 5.16 Å². The highest BCUT2D eigenvalue weighted by Gasteiger charge is 2.15. The zero-order valence-electron chi connectivity index (χ0n) is 10.8. The van der Waals surface area contributed by atoms with Crippen LogP contribution in [-0.4, -0.2) is 24.7 Å². The molecule has 0 aliphatic heterocycles. The van der Waals surface area contributed by atoms with Gasteiger partial charge in [-0.25, -0.2) is 9.97 Å². The average Bonchev–Trinajstić information content (AvgIpc) is 3.19. The molecule has 0 aliphatic rings. The number of aromatic nitrogens is 5. The van der Waals surface area contributed by atoms with Gasteiger partial charge in [0, 0.05) is 13.2 Å². The van der Waals surface area contributed by atoms with Crippen LogP contribution < -0.4 is 0 Å². The van der Waals surface area contributed by atoms with Crippen molar-refractivity contribution in [1.29, 1.82) is 0 Å². The highest BCUT2D eigenvalue weighted by Crippen LogP contribution is 2.26. The van der Waals surface area contributed by atoms with Crippen LogP contribution in [0.5, 0.6) is 0 Å². The van der Waals surface area contributed by atoms with E-state index >= 15 is 0 Å². The topological polar surface area (TPSA) is 82.8 Å². The molecule has 4 aromatic heterocycles. The third-order valence-corrected chi connectivity index (χ3v) is 3.44. The largest absolute Gasteiger partial charge is 0.446 e. The van der Waals surface area contributed by atoms with E-state index in [-0.39, 0.29) is 0 Å². The average molecular weight is 346 g/mol. The smallest absolute Gasteiger partial charge is 0.259 e. The summed E-state index contributed by atoms with van der Waals surface area (Å²) in [5.41, 5.74) is 2.29. The van der Waals surface area contributed by atoms with Crippen molar-refractivity contribution in [2.45, 2.75) is 0 Å². The molecule has 0 fully saturated rings. The van der Waals surface area contributed by atoms with Crippen LogP contribution in [0.25, 0.3) is 34.2 Å². The van der Waals surface area contributed by atoms with Gasteiger partial charge in [0.15, 0.2) is 16.1 Å². The predicted molar refractivity (Wildman–Crippen MR) is 77.2 cm³/mol. The molecular weight excluding hydrogens is 338 g/mol. The molecule has 0 radical (unpaired) electrons. The molecule has 7 nitrogen and oxygen atoms in total. The van der Waals surface area contributed by atoms with E-state index in [1.807, 2.05) is 17.7 Å². The van der Waals surface area contributed by atoms with Gasteiger partial charge in [0.1, 0.15) is 5.52 Å². The van der Waals surface area contributed by atoms with E-state index in [1.54, 1.807) is 24.7 Å². The van der Waals surface area contributed by atoms with Crippen LogP contribution in [0.1, 0.15) is 0 Å². The fourth-order valence-corrected chi connectivity index (χ4v) is 2.31. The monoisotopic (exact) mass is 345 g/mol. The number of pyridine rings is 1. The van der Waals surface area contributed by atoms with Crippen molar-refractivity contribution in [2.24, 2.45) is 7.05 Å². The number of imidazole rings is 1. The fraction of sp³-hybridized carbons (Fsp3) is 0.0769. The Labute approximate surface area is 126 Å². The van der Waals surface area contributed by atoms with Crippen molar-refractivity contribution in [3.8, 4) is 23.0 Å². The summed E-state index contributed by atoms with van der Waals surface area (Å²) in [4.78, 5) is 12.9. The number of aryl methyl sites for hydroxylation is 1. The van der Waals surface area contributed by atoms with Crippen LogP contribution in [-0.2, 0) is 7.05 Å². The fourth-order valence-electron chi connectivity index (χ4n) is 2.01. The van der Waals surface area contributed by atoms with E-state index < -0.39 is 0 Å². The molecule has 104 valence electrons. The summed E-state index contributed by atoms with van der Waals surface area (Å²) in [6, 6.07) is 5.39. The molecule has 0 spiro atoms. The number of nitrogens with zero attached hydrogens (tertiary/aromatic N) is 5. The number of fused-ring (bicyclic) bond motifs is 1. The summed E-state index contributed by atoms with van der Waals surface area (Å²) in [5.74, 6) is 1.29. The summed E-state index contributed by atoms with van der Waals surface area (Å²) in [5, 5.41) is 3.91. The summed E-state index contributed by atoms with van der Waals surface area (Å²) >= 11 is 3.24. The first kappa shape index (κ1) is 12.3. The second-order valence-electron chi connectivity index (χ2n) is 4.45. The highest BCUT2D eigenvalue weighted by atomic mass is 79.9. The van der Waals surface area contributed by atoms with Gasteiger partial charge in [0.25, 0.3) is 5.89 Å². The molecule has 0 atom stereocenters. The molecule has 0 unspecified atom stereocenters. The minimum Gasteiger partial charge on any atom is -0.446 e. The molecular formula is C13H8BrN5O2. The van der Waals surface area contributed by atoms with E-state index in [0.717, 1.165) is 11.2 Å². The molecule has 0 saturated heterocycles. The molecule has 0 aliphatic carbocycles. The molecule has 4 aromatic rings. The molecule has 0 saturated carbocycles. The van der Waals surface area contributed by atoms with E-state index in [2.05, 4.69) is 36.0 Å². The van der Waals surface area contributed by atoms with Gasteiger partial charge in [0.05, 0.1) is 11.9 Å². The van der Waals surface area contributed by atoms with E-state index in [9.17, 15) is 0 Å². The molecule has 0 bridgehead atoms. The van der Waals surface area contributed by atoms with Crippen molar-refractivity contribution < 1.29 is 8.94 Å². The SMILES string of the molecule is Cn1cnc2cc(-c3nc(-c4ccc(Br)o4)no3)cnc21. The van der Waals surface area contributed by atoms with Crippen LogP contribution in [0.3, 0.4) is 0 Å². The number of hydrogen-bond acceptors (Lipinski definition) is 6. The number of furan rings is 1. The Morgan fingerprint density at radius 2 is 2.14 bits per heavy atom. The number of hydrogen-bond donors (Lipinski definition) is 0. The maximum Gasteiger partial charge on any atom is 0.259 e. The molecule has 21 heavy (non-hydrogen) atoms. The zero-order chi connectivity index (χ0) is 14.4. The summed E-state index contributed by atoms with van der Waals surface area (Å²) in [6.07, 6.45) is 3.39. The lowest BCUT2D eigenvalue weighted by Crippen LogP contribution is -1.88. The standard InChI is InChI=1S/C13H8BrN5O2/c1-19-6-16-8-4-7(5-15-12(8)19)13-17-11(18-21-13)9-2-3-10(14)20-9/h2-6H,1H3. The van der Waals surface area contributed by atoms with Gasteiger partial charge < -0.3 is 13.5 Å². The Bertz CT molecular complexity index is 939. The Morgan fingerprint density at radius 3 is 2.95 bits per heavy atom. The molecule has 8 heteroatoms. The summed E-state index contributed by atoms with van der Waals surface area (Å²) in [7, 11) is 1.89. The Balaban J connectivity index is 1.76. The Morgan fingerprint density at radius 1 is 1.24 bits per heavy atom. The maximum atomic E-state index is 5.39. The molecule has 0 N–H and O–H groups in total. The van der Waals surface area contributed by atoms with Crippen molar-refractivity contribution in [3.05, 3.63) is 35.4 Å². The molecule has 0 amide bonds. The Hall–Kier alpha value is -2.48. The van der Waals surface area contributed by atoms with Gasteiger partial charge in [0.2, 0.25) is 5.82 Å². The minimum atomic E-state index is 0.373. The predicted octanol–water partition coefficient (Wildman–Crippen LogP) is 3.04. The first-order valence-electron chi connectivity index (χ1n) is 6.07. The van der Waals surface area contributed by atoms with Gasteiger partial charge in [-0.05, 0) is 34.1 Å². The van der Waals surface area contributed by atoms with Crippen LogP contribution in [0, 0.1) is 0 Å². The lowest BCUT2D eigenvalue weighted by Gasteiger charge is -1.95. The van der Waals surface area contributed by atoms with Crippen molar-refractivity contribution >= 4 is 27.1 Å². The van der Waals surface area contributed by atoms with E-state index in [1.165, 1.54) is 0 Å². The lowest BCUT2D eigenvalue weighted by molar-refractivity contribution is 0.429. The van der Waals surface area contributed by atoms with E-state index in [0.29, 0.717) is 27.7 Å². The normalized spacial score (nSPS) is 11.3. The maximum absolute atomic E-state index is 5.39. The summed E-state index contributed by atoms with van der Waals surface area (Å²) < 4.78 is 13.1. The van der Waals surface area contributed by atoms with Crippen LogP contribution in [0.15, 0.2) is 44.3 Å². The van der Waals surface area contributed by atoms with Crippen LogP contribution >= 0.6 is 15.9 Å². The van der Waals surface area contributed by atoms with Gasteiger partial charge in [-0.3, -0.25) is 0 Å². The first-order valence-corrected chi connectivity index (χ1v) is 6.87. The van der Waals surface area contributed by atoms with Gasteiger partial charge in [-0.15, -0.1) is 0 Å². The highest BCUT2D eigenvalue weighted by molar-refractivity contribution is 9.10. The molecule has 4 rings (SSSR count). The molecule has 4 heterocycles. The van der Waals surface area contributed by atoms with Crippen molar-refractivity contribution in [3.63, 3.8) is 0 Å². The van der Waals surface area contributed by atoms with Crippen molar-refractivity contribution in [2.75, 3.05) is 0 Å². The van der Waals surface area contributed by atoms with Crippen molar-refractivity contribution in [1.82, 2.24) is 24.7 Å². The quantitative estimate of drug-likeness (QED) is 0.555. The first-order chi connectivity index (χ1) is 10.2. The number of rotatable bonds is 2. The van der Waals surface area contributed by atoms with Gasteiger partial charge in [-0.2, -0.15) is 4.98 Å². The van der Waals surface area contributed by atoms with Crippen LogP contribution in [0.2, 0.25) is 0 Å². The lowest BCUT2D eigenvalue weighted by atomic mass is 10.2. The Kier molecular flexibility index (Phi) is 2.64. The number of halogens is 1. The third-order valence-electron chi connectivity index (χ3n) is 3.02. The summed E-state index contributed by atoms with van der Waals surface area (Å²) in [6.45, 7) is 0. The molecule has 0 aromatic carbocycles. The second kappa shape index (κ2) is 4.52. The van der Waals surface area contributed by atoms with Crippen LogP contribution in [0.4, 0.5) is 0 Å².